The molecule has 1 saturated heterocycles. The van der Waals surface area contributed by atoms with Crippen molar-refractivity contribution in [3.63, 3.8) is 0 Å². The molecule has 0 saturated carbocycles. The minimum absolute atomic E-state index is 0.211. The highest BCUT2D eigenvalue weighted by Gasteiger charge is 2.31. The smallest absolute Gasteiger partial charge is 0.308 e. The molecule has 2 N–H and O–H groups in total. The third-order valence-electron chi connectivity index (χ3n) is 2.62. The Bertz CT molecular complexity index is 237. The van der Waals surface area contributed by atoms with Gasteiger partial charge in [-0.05, 0) is 40.0 Å². The molecule has 1 rings (SSSR count). The molecule has 1 aliphatic heterocycles. The number of hydrogen-bond acceptors (Lipinski definition) is 4. The van der Waals surface area contributed by atoms with E-state index < -0.39 is 11.1 Å². The van der Waals surface area contributed by atoms with Gasteiger partial charge in [-0.15, -0.1) is 0 Å². The summed E-state index contributed by atoms with van der Waals surface area (Å²) in [6.45, 7) is 6.98. The fourth-order valence-corrected chi connectivity index (χ4v) is 1.87. The molecule has 16 heavy (non-hydrogen) atoms. The van der Waals surface area contributed by atoms with Crippen LogP contribution in [0.1, 0.15) is 46.5 Å². The van der Waals surface area contributed by atoms with Crippen LogP contribution < -0.4 is 5.73 Å². The Morgan fingerprint density at radius 3 is 2.69 bits per heavy atom. The molecule has 1 atom stereocenters. The summed E-state index contributed by atoms with van der Waals surface area (Å²) < 4.78 is 10.6. The van der Waals surface area contributed by atoms with E-state index in [-0.39, 0.29) is 12.4 Å². The van der Waals surface area contributed by atoms with E-state index in [4.69, 9.17) is 15.2 Å². The van der Waals surface area contributed by atoms with E-state index in [2.05, 4.69) is 0 Å². The number of rotatable bonds is 2. The van der Waals surface area contributed by atoms with Gasteiger partial charge in [-0.1, -0.05) is 0 Å². The van der Waals surface area contributed by atoms with E-state index in [9.17, 15) is 4.79 Å². The second kappa shape index (κ2) is 5.15. The van der Waals surface area contributed by atoms with Gasteiger partial charge >= 0.3 is 5.97 Å². The maximum absolute atomic E-state index is 11.7. The largest absolute Gasteiger partial charge is 0.460 e. The highest BCUT2D eigenvalue weighted by Crippen LogP contribution is 2.23. The lowest BCUT2D eigenvalue weighted by Crippen LogP contribution is -2.43. The number of esters is 1. The Labute approximate surface area is 97.5 Å². The van der Waals surface area contributed by atoms with Gasteiger partial charge in [0.25, 0.3) is 0 Å². The summed E-state index contributed by atoms with van der Waals surface area (Å²) in [5.74, 6) is -0.211. The molecular weight excluding hydrogens is 206 g/mol. The van der Waals surface area contributed by atoms with E-state index in [1.807, 2.05) is 20.8 Å². The van der Waals surface area contributed by atoms with E-state index in [0.29, 0.717) is 6.61 Å². The van der Waals surface area contributed by atoms with Gasteiger partial charge in [-0.3, -0.25) is 4.79 Å². The van der Waals surface area contributed by atoms with Crippen LogP contribution >= 0.6 is 0 Å². The molecule has 0 spiro atoms. The summed E-state index contributed by atoms with van der Waals surface area (Å²) in [6, 6.07) is 0. The van der Waals surface area contributed by atoms with Gasteiger partial charge in [0.2, 0.25) is 0 Å². The molecule has 0 aromatic rings. The van der Waals surface area contributed by atoms with Crippen LogP contribution in [0.15, 0.2) is 0 Å². The maximum Gasteiger partial charge on any atom is 0.308 e. The van der Waals surface area contributed by atoms with Crippen molar-refractivity contribution in [3.8, 4) is 0 Å². The van der Waals surface area contributed by atoms with Crippen molar-refractivity contribution in [1.82, 2.24) is 0 Å². The molecule has 1 unspecified atom stereocenters. The van der Waals surface area contributed by atoms with Crippen LogP contribution in [0, 0.1) is 0 Å². The van der Waals surface area contributed by atoms with Gasteiger partial charge in [0, 0.05) is 18.8 Å². The Morgan fingerprint density at radius 2 is 2.06 bits per heavy atom. The Hall–Kier alpha value is -0.610. The van der Waals surface area contributed by atoms with Gasteiger partial charge in [0.1, 0.15) is 5.60 Å². The first-order valence-corrected chi connectivity index (χ1v) is 5.89. The molecule has 1 fully saturated rings. The molecule has 0 aliphatic carbocycles. The molecule has 0 radical (unpaired) electrons. The second-order valence-electron chi connectivity index (χ2n) is 5.59. The van der Waals surface area contributed by atoms with Crippen molar-refractivity contribution in [1.29, 1.82) is 0 Å². The zero-order chi connectivity index (χ0) is 12.2. The van der Waals surface area contributed by atoms with Crippen LogP contribution in [0.25, 0.3) is 0 Å². The molecule has 1 aliphatic rings. The van der Waals surface area contributed by atoms with Gasteiger partial charge < -0.3 is 15.2 Å². The summed E-state index contributed by atoms with van der Waals surface area (Å²) >= 11 is 0. The molecule has 0 amide bonds. The topological polar surface area (TPSA) is 61.5 Å². The summed E-state index contributed by atoms with van der Waals surface area (Å²) in [7, 11) is 0. The van der Waals surface area contributed by atoms with Gasteiger partial charge in [0.05, 0.1) is 6.42 Å². The number of carbonyl (C=O) groups excluding carboxylic acids is 1. The van der Waals surface area contributed by atoms with Crippen LogP contribution in [0.2, 0.25) is 0 Å². The Balaban J connectivity index is 2.47. The normalized spacial score (nSPS) is 27.2. The average Bonchev–Trinajstić information content (AvgIpc) is 2.25. The summed E-state index contributed by atoms with van der Waals surface area (Å²) in [5, 5.41) is 0. The fourth-order valence-electron chi connectivity index (χ4n) is 1.87. The summed E-state index contributed by atoms with van der Waals surface area (Å²) in [4.78, 5) is 11.7. The van der Waals surface area contributed by atoms with Gasteiger partial charge in [-0.2, -0.15) is 0 Å². The third-order valence-corrected chi connectivity index (χ3v) is 2.62. The molecule has 4 heteroatoms. The van der Waals surface area contributed by atoms with Gasteiger partial charge in [0.15, 0.2) is 0 Å². The van der Waals surface area contributed by atoms with E-state index in [1.54, 1.807) is 0 Å². The monoisotopic (exact) mass is 229 g/mol. The van der Waals surface area contributed by atoms with E-state index in [1.165, 1.54) is 0 Å². The predicted octanol–water partition coefficient (Wildman–Crippen LogP) is 1.62. The van der Waals surface area contributed by atoms with Crippen LogP contribution in [-0.4, -0.2) is 30.3 Å². The zero-order valence-electron chi connectivity index (χ0n) is 10.5. The molecule has 4 nitrogen and oxygen atoms in total. The lowest BCUT2D eigenvalue weighted by molar-refractivity contribution is -0.156. The summed E-state index contributed by atoms with van der Waals surface area (Å²) in [5.41, 5.74) is 5.32. The van der Waals surface area contributed by atoms with Crippen molar-refractivity contribution in [2.24, 2.45) is 5.73 Å². The first-order chi connectivity index (χ1) is 7.31. The van der Waals surface area contributed by atoms with Crippen LogP contribution in [0.4, 0.5) is 0 Å². The molecule has 0 bridgehead atoms. The summed E-state index contributed by atoms with van der Waals surface area (Å²) in [6.07, 6.45) is 2.76. The number of hydrogen-bond donors (Lipinski definition) is 1. The highest BCUT2D eigenvalue weighted by atomic mass is 16.6. The van der Waals surface area contributed by atoms with Gasteiger partial charge in [-0.25, -0.2) is 0 Å². The molecule has 94 valence electrons. The minimum Gasteiger partial charge on any atom is -0.460 e. The second-order valence-corrected chi connectivity index (χ2v) is 5.59. The third kappa shape index (κ3) is 4.94. The molecule has 0 aromatic heterocycles. The van der Waals surface area contributed by atoms with Crippen molar-refractivity contribution in [2.75, 3.05) is 13.2 Å². The number of carbonyl (C=O) groups is 1. The van der Waals surface area contributed by atoms with Crippen molar-refractivity contribution in [3.05, 3.63) is 0 Å². The van der Waals surface area contributed by atoms with Crippen LogP contribution in [0.3, 0.4) is 0 Å². The maximum atomic E-state index is 11.7. The highest BCUT2D eigenvalue weighted by molar-refractivity contribution is 5.71. The van der Waals surface area contributed by atoms with E-state index in [0.717, 1.165) is 25.9 Å². The lowest BCUT2D eigenvalue weighted by Gasteiger charge is -2.28. The predicted molar refractivity (Wildman–Crippen MR) is 62.1 cm³/mol. The number of nitrogens with two attached hydrogens (primary N) is 1. The first-order valence-electron chi connectivity index (χ1n) is 5.89. The Kier molecular flexibility index (Phi) is 4.33. The zero-order valence-corrected chi connectivity index (χ0v) is 10.5. The molecule has 1 heterocycles. The fraction of sp³-hybridized carbons (Fsp3) is 0.917. The van der Waals surface area contributed by atoms with Crippen molar-refractivity contribution in [2.45, 2.75) is 57.6 Å². The minimum atomic E-state index is -0.446. The number of ether oxygens (including phenoxy) is 2. The quantitative estimate of drug-likeness (QED) is 0.731. The van der Waals surface area contributed by atoms with Crippen molar-refractivity contribution < 1.29 is 14.3 Å². The Morgan fingerprint density at radius 1 is 1.38 bits per heavy atom. The van der Waals surface area contributed by atoms with Crippen LogP contribution in [-0.2, 0) is 14.3 Å². The van der Waals surface area contributed by atoms with Crippen LogP contribution in [0.5, 0.6) is 0 Å². The van der Waals surface area contributed by atoms with Crippen molar-refractivity contribution >= 4 is 5.97 Å². The molecular formula is C12H23NO3. The SMILES string of the molecule is CC(C)(C)OC(=O)CC1(N)CCCOCC1. The van der Waals surface area contributed by atoms with E-state index >= 15 is 0 Å². The standard InChI is InChI=1S/C12H23NO3/c1-11(2,3)16-10(14)9-12(13)5-4-7-15-8-6-12/h4-9,13H2,1-3H3. The molecule has 0 aromatic carbocycles. The average molecular weight is 229 g/mol. The first kappa shape index (κ1) is 13.5. The lowest BCUT2D eigenvalue weighted by atomic mass is 9.88.